The van der Waals surface area contributed by atoms with Crippen LogP contribution in [0.15, 0.2) is 48.6 Å². The Hall–Kier alpha value is -1.99. The molecule has 0 radical (unpaired) electrons. The van der Waals surface area contributed by atoms with Gasteiger partial charge in [-0.3, -0.25) is 9.59 Å². The van der Waals surface area contributed by atoms with Crippen LogP contribution in [0.5, 0.6) is 0 Å². The third-order valence-electron chi connectivity index (χ3n) is 6.39. The van der Waals surface area contributed by atoms with Crippen LogP contribution in [0.25, 0.3) is 10.1 Å². The van der Waals surface area contributed by atoms with Crippen molar-refractivity contribution in [3.05, 3.63) is 58.5 Å². The minimum Gasteiger partial charge on any atom is -0.481 e. The molecule has 3 N–H and O–H groups in total. The van der Waals surface area contributed by atoms with Gasteiger partial charge in [0.1, 0.15) is 5.78 Å². The summed E-state index contributed by atoms with van der Waals surface area (Å²) in [7, 11) is 0. The van der Waals surface area contributed by atoms with Gasteiger partial charge in [0.05, 0.1) is 22.6 Å². The number of Topliss-reactive ketones (excluding diaryl/α,β-unsaturated/α-hetero) is 1. The normalized spacial score (nSPS) is 23.8. The summed E-state index contributed by atoms with van der Waals surface area (Å²) in [4.78, 5) is 24.6. The molecular formula is C26H31ClO5S. The SMILES string of the molecule is CC1(C)C(=O)[C@H](/C=C/CCCC(=O)O)[C@@H](/C=C/[C@H](O)CCc2sc3ccccc3c2Cl)[C@@H]1O. The first kappa shape index (κ1) is 25.6. The molecule has 33 heavy (non-hydrogen) atoms. The molecule has 0 saturated heterocycles. The highest BCUT2D eigenvalue weighted by atomic mass is 35.5. The molecule has 178 valence electrons. The number of aliphatic carboxylic acids is 1. The summed E-state index contributed by atoms with van der Waals surface area (Å²) in [6, 6.07) is 7.95. The highest BCUT2D eigenvalue weighted by Gasteiger charge is 2.52. The van der Waals surface area contributed by atoms with Gasteiger partial charge in [-0.2, -0.15) is 0 Å². The second-order valence-corrected chi connectivity index (χ2v) is 10.7. The minimum atomic E-state index is -0.888. The first-order chi connectivity index (χ1) is 15.6. The molecule has 5 nitrogen and oxygen atoms in total. The zero-order valence-corrected chi connectivity index (χ0v) is 20.5. The Balaban J connectivity index is 1.64. The number of rotatable bonds is 10. The second-order valence-electron chi connectivity index (χ2n) is 9.17. The van der Waals surface area contributed by atoms with E-state index in [0.29, 0.717) is 25.7 Å². The van der Waals surface area contributed by atoms with Crippen LogP contribution in [0.4, 0.5) is 0 Å². The molecule has 0 amide bonds. The van der Waals surface area contributed by atoms with Crippen molar-refractivity contribution in [2.45, 2.75) is 58.2 Å². The van der Waals surface area contributed by atoms with Gasteiger partial charge in [0.15, 0.2) is 0 Å². The molecule has 1 saturated carbocycles. The van der Waals surface area contributed by atoms with Gasteiger partial charge in [-0.05, 0) is 31.7 Å². The van der Waals surface area contributed by atoms with Gasteiger partial charge in [-0.1, -0.05) is 68.0 Å². The van der Waals surface area contributed by atoms with Crippen molar-refractivity contribution >= 4 is 44.8 Å². The first-order valence-corrected chi connectivity index (χ1v) is 12.5. The number of allylic oxidation sites excluding steroid dienone is 2. The van der Waals surface area contributed by atoms with E-state index >= 15 is 0 Å². The van der Waals surface area contributed by atoms with Crippen LogP contribution in [0.3, 0.4) is 0 Å². The van der Waals surface area contributed by atoms with Crippen LogP contribution < -0.4 is 0 Å². The average Bonchev–Trinajstić information content (AvgIpc) is 3.17. The van der Waals surface area contributed by atoms with Crippen molar-refractivity contribution in [1.29, 1.82) is 0 Å². The van der Waals surface area contributed by atoms with E-state index in [1.54, 1.807) is 43.4 Å². The third-order valence-corrected chi connectivity index (χ3v) is 8.16. The fourth-order valence-electron chi connectivity index (χ4n) is 4.34. The molecule has 4 atom stereocenters. The minimum absolute atomic E-state index is 0.0503. The molecule has 3 rings (SSSR count). The van der Waals surface area contributed by atoms with E-state index in [2.05, 4.69) is 0 Å². The number of hydrogen-bond donors (Lipinski definition) is 3. The van der Waals surface area contributed by atoms with Crippen LogP contribution in [0, 0.1) is 17.3 Å². The number of benzene rings is 1. The van der Waals surface area contributed by atoms with Crippen molar-refractivity contribution < 1.29 is 24.9 Å². The fraction of sp³-hybridized carbons (Fsp3) is 0.462. The molecule has 0 spiro atoms. The number of hydrogen-bond acceptors (Lipinski definition) is 5. The maximum absolute atomic E-state index is 12.9. The van der Waals surface area contributed by atoms with Crippen LogP contribution in [-0.2, 0) is 16.0 Å². The molecule has 2 aromatic rings. The Bertz CT molecular complexity index is 1050. The predicted molar refractivity (Wildman–Crippen MR) is 133 cm³/mol. The van der Waals surface area contributed by atoms with Crippen LogP contribution in [-0.4, -0.2) is 39.3 Å². The number of aryl methyl sites for hydroxylation is 1. The molecule has 1 heterocycles. The number of fused-ring (bicyclic) bond motifs is 1. The van der Waals surface area contributed by atoms with Gasteiger partial charge in [0.25, 0.3) is 0 Å². The van der Waals surface area contributed by atoms with Gasteiger partial charge in [-0.15, -0.1) is 11.3 Å². The van der Waals surface area contributed by atoms with Gasteiger partial charge in [0, 0.05) is 33.2 Å². The van der Waals surface area contributed by atoms with Gasteiger partial charge in [-0.25, -0.2) is 0 Å². The van der Waals surface area contributed by atoms with E-state index in [1.165, 1.54) is 0 Å². The molecule has 1 aromatic carbocycles. The van der Waals surface area contributed by atoms with Gasteiger partial charge >= 0.3 is 5.97 Å². The van der Waals surface area contributed by atoms with E-state index < -0.39 is 35.4 Å². The Morgan fingerprint density at radius 3 is 2.70 bits per heavy atom. The van der Waals surface area contributed by atoms with Crippen molar-refractivity contribution in [2.75, 3.05) is 0 Å². The van der Waals surface area contributed by atoms with Gasteiger partial charge in [0.2, 0.25) is 0 Å². The van der Waals surface area contributed by atoms with E-state index in [9.17, 15) is 19.8 Å². The maximum Gasteiger partial charge on any atom is 0.303 e. The van der Waals surface area contributed by atoms with Crippen molar-refractivity contribution in [3.8, 4) is 0 Å². The number of aliphatic hydroxyl groups excluding tert-OH is 2. The smallest absolute Gasteiger partial charge is 0.303 e. The molecule has 1 aliphatic rings. The monoisotopic (exact) mass is 490 g/mol. The topological polar surface area (TPSA) is 94.8 Å². The Morgan fingerprint density at radius 1 is 1.27 bits per heavy atom. The Labute approximate surface area is 203 Å². The predicted octanol–water partition coefficient (Wildman–Crippen LogP) is 5.42. The van der Waals surface area contributed by atoms with Crippen molar-refractivity contribution in [3.63, 3.8) is 0 Å². The molecule has 1 fully saturated rings. The number of thiophene rings is 1. The lowest BCUT2D eigenvalue weighted by molar-refractivity contribution is -0.137. The number of ketones is 1. The number of unbranched alkanes of at least 4 members (excludes halogenated alkanes) is 1. The summed E-state index contributed by atoms with van der Waals surface area (Å²) in [5.74, 6) is -1.83. The molecular weight excluding hydrogens is 460 g/mol. The van der Waals surface area contributed by atoms with Crippen molar-refractivity contribution in [2.24, 2.45) is 17.3 Å². The molecule has 0 unspecified atom stereocenters. The van der Waals surface area contributed by atoms with Crippen LogP contribution >= 0.6 is 22.9 Å². The summed E-state index contributed by atoms with van der Waals surface area (Å²) in [5.41, 5.74) is -0.888. The number of aliphatic hydroxyl groups is 2. The largest absolute Gasteiger partial charge is 0.481 e. The summed E-state index contributed by atoms with van der Waals surface area (Å²) in [6.07, 6.45) is 7.68. The molecule has 0 bridgehead atoms. The lowest BCUT2D eigenvalue weighted by atomic mass is 9.86. The summed E-state index contributed by atoms with van der Waals surface area (Å²) in [6.45, 7) is 3.47. The highest BCUT2D eigenvalue weighted by Crippen LogP contribution is 2.44. The highest BCUT2D eigenvalue weighted by molar-refractivity contribution is 7.19. The van der Waals surface area contributed by atoms with Crippen LogP contribution in [0.1, 0.15) is 44.4 Å². The van der Waals surface area contributed by atoms with E-state index in [-0.39, 0.29) is 12.2 Å². The number of carboxylic acids is 1. The van der Waals surface area contributed by atoms with E-state index in [4.69, 9.17) is 16.7 Å². The Kier molecular flexibility index (Phi) is 8.51. The molecule has 7 heteroatoms. The van der Waals surface area contributed by atoms with Crippen LogP contribution in [0.2, 0.25) is 5.02 Å². The molecule has 1 aliphatic carbocycles. The number of carbonyl (C=O) groups is 2. The standard InChI is InChI=1S/C26H31ClO5S/c1-26(2)24(31)17(8-4-3-5-11-22(29)30)18(25(26)32)14-12-16(28)13-15-21-23(27)19-9-6-7-10-20(19)33-21/h4,6-10,12,14,16-18,25,28,32H,3,5,11,13,15H2,1-2H3,(H,29,30)/b8-4+,14-12+/t16-,17+,18+,25-/m0/s1. The lowest BCUT2D eigenvalue weighted by Gasteiger charge is -2.22. The number of carboxylic acid groups (broad SMARTS) is 1. The first-order valence-electron chi connectivity index (χ1n) is 11.3. The zero-order valence-electron chi connectivity index (χ0n) is 18.9. The number of carbonyl (C=O) groups excluding carboxylic acids is 1. The Morgan fingerprint density at radius 2 is 2.00 bits per heavy atom. The van der Waals surface area contributed by atoms with E-state index in [1.807, 2.05) is 30.3 Å². The summed E-state index contributed by atoms with van der Waals surface area (Å²) in [5, 5.41) is 31.8. The van der Waals surface area contributed by atoms with Crippen molar-refractivity contribution in [1.82, 2.24) is 0 Å². The summed E-state index contributed by atoms with van der Waals surface area (Å²) < 4.78 is 1.12. The molecule has 1 aromatic heterocycles. The average molecular weight is 491 g/mol. The lowest BCUT2D eigenvalue weighted by Crippen LogP contribution is -2.31. The van der Waals surface area contributed by atoms with E-state index in [0.717, 1.165) is 20.0 Å². The maximum atomic E-state index is 12.9. The fourth-order valence-corrected chi connectivity index (χ4v) is 5.88. The summed E-state index contributed by atoms with van der Waals surface area (Å²) >= 11 is 8.12. The third kappa shape index (κ3) is 5.93. The molecule has 0 aliphatic heterocycles. The van der Waals surface area contributed by atoms with Gasteiger partial charge < -0.3 is 15.3 Å². The second kappa shape index (κ2) is 11.0. The number of halogens is 1. The zero-order chi connectivity index (χ0) is 24.2. The quantitative estimate of drug-likeness (QED) is 0.305.